The van der Waals surface area contributed by atoms with Crippen molar-refractivity contribution in [3.63, 3.8) is 0 Å². The van der Waals surface area contributed by atoms with Gasteiger partial charge in [0.15, 0.2) is 11.2 Å². The molecule has 0 spiro atoms. The number of rotatable bonds is 6. The maximum absolute atomic E-state index is 13.8. The topological polar surface area (TPSA) is 81.8 Å². The lowest BCUT2D eigenvalue weighted by Crippen LogP contribution is -2.15. The molecule has 0 atom stereocenters. The molecule has 0 aliphatic rings. The molecule has 9 heteroatoms. The number of aryl methyl sites for hydroxylation is 2. The van der Waals surface area contributed by atoms with Crippen molar-refractivity contribution in [1.29, 1.82) is 0 Å². The van der Waals surface area contributed by atoms with Crippen molar-refractivity contribution < 1.29 is 17.5 Å². The fraction of sp³-hybridized carbons (Fsp3) is 0.154. The van der Waals surface area contributed by atoms with E-state index in [2.05, 4.69) is 9.57 Å². The van der Waals surface area contributed by atoms with Crippen LogP contribution in [-0.2, 0) is 10.0 Å². The maximum atomic E-state index is 13.8. The average Bonchev–Trinajstić information content (AvgIpc) is 2.82. The number of benzene rings is 3. The number of fused-ring (bicyclic) bond motifs is 1. The third kappa shape index (κ3) is 4.74. The molecule has 3 aromatic carbocycles. The summed E-state index contributed by atoms with van der Waals surface area (Å²) in [5.74, 6) is 0.277. The van der Waals surface area contributed by atoms with Crippen molar-refractivity contribution in [1.82, 2.24) is 4.57 Å². The van der Waals surface area contributed by atoms with Crippen molar-refractivity contribution in [3.05, 3.63) is 99.4 Å². The summed E-state index contributed by atoms with van der Waals surface area (Å²) in [6, 6.07) is 14.3. The molecule has 35 heavy (non-hydrogen) atoms. The van der Waals surface area contributed by atoms with Crippen LogP contribution in [0.1, 0.15) is 18.1 Å². The summed E-state index contributed by atoms with van der Waals surface area (Å²) in [4.78, 5) is 16.1. The number of aromatic nitrogens is 1. The number of nitrogens with zero attached hydrogens (tertiary/aromatic N) is 2. The molecule has 4 rings (SSSR count). The van der Waals surface area contributed by atoms with Gasteiger partial charge in [0.2, 0.25) is 15.7 Å². The Labute approximate surface area is 202 Å². The zero-order valence-corrected chi connectivity index (χ0v) is 20.1. The van der Waals surface area contributed by atoms with Crippen LogP contribution in [0.3, 0.4) is 0 Å². The number of nitrogens with one attached hydrogen (secondary N) is 1. The molecule has 178 valence electrons. The van der Waals surface area contributed by atoms with Gasteiger partial charge in [0.1, 0.15) is 11.6 Å². The third-order valence-electron chi connectivity index (χ3n) is 5.52. The van der Waals surface area contributed by atoms with Gasteiger partial charge in [0.25, 0.3) is 0 Å². The van der Waals surface area contributed by atoms with Crippen LogP contribution in [0, 0.1) is 26.2 Å². The first kappa shape index (κ1) is 24.0. The summed E-state index contributed by atoms with van der Waals surface area (Å²) < 4.78 is 48.6. The Bertz CT molecular complexity index is 1650. The number of halogens is 1. The number of para-hydroxylation sites is 1. The van der Waals surface area contributed by atoms with Gasteiger partial charge in [-0.3, -0.25) is 4.72 Å². The molecule has 0 unspecified atom stereocenters. The Morgan fingerprint density at radius 1 is 1.09 bits per heavy atom. The van der Waals surface area contributed by atoms with Crippen molar-refractivity contribution in [2.75, 3.05) is 10.5 Å². The molecule has 0 aliphatic carbocycles. The van der Waals surface area contributed by atoms with Crippen LogP contribution < -0.4 is 14.9 Å². The van der Waals surface area contributed by atoms with Crippen LogP contribution in [0.5, 0.6) is 11.5 Å². The van der Waals surface area contributed by atoms with Crippen LogP contribution >= 0.6 is 0 Å². The van der Waals surface area contributed by atoms with Gasteiger partial charge in [-0.15, -0.1) is 0 Å². The summed E-state index contributed by atoms with van der Waals surface area (Å²) in [6.45, 7) is 12.4. The Morgan fingerprint density at radius 2 is 1.77 bits per heavy atom. The summed E-state index contributed by atoms with van der Waals surface area (Å²) >= 11 is 0. The normalized spacial score (nSPS) is 11.3. The molecule has 0 fully saturated rings. The fourth-order valence-electron chi connectivity index (χ4n) is 3.82. The van der Waals surface area contributed by atoms with Gasteiger partial charge in [-0.2, -0.15) is 0 Å². The lowest BCUT2D eigenvalue weighted by Gasteiger charge is -2.20. The van der Waals surface area contributed by atoms with Crippen LogP contribution in [0.25, 0.3) is 21.4 Å². The van der Waals surface area contributed by atoms with Crippen LogP contribution in [0.15, 0.2) is 65.6 Å². The van der Waals surface area contributed by atoms with Crippen LogP contribution in [0.2, 0.25) is 0 Å². The van der Waals surface area contributed by atoms with E-state index >= 15 is 0 Å². The minimum atomic E-state index is -3.56. The molecule has 7 nitrogen and oxygen atoms in total. The number of sulfonamides is 1. The second kappa shape index (κ2) is 9.24. The molecule has 0 amide bonds. The van der Waals surface area contributed by atoms with Crippen LogP contribution in [-0.4, -0.2) is 18.7 Å². The van der Waals surface area contributed by atoms with Crippen molar-refractivity contribution in [2.45, 2.75) is 20.8 Å². The summed E-state index contributed by atoms with van der Waals surface area (Å²) in [7, 11) is -3.56. The quantitative estimate of drug-likeness (QED) is 0.343. The molecule has 1 heterocycles. The molecule has 0 bridgehead atoms. The lowest BCUT2D eigenvalue weighted by atomic mass is 10.1. The lowest BCUT2D eigenvalue weighted by molar-refractivity contribution is 0.470. The van der Waals surface area contributed by atoms with Gasteiger partial charge in [-0.1, -0.05) is 18.2 Å². The molecular formula is C26H22FN3O4S. The molecule has 4 aromatic rings. The van der Waals surface area contributed by atoms with E-state index in [9.17, 15) is 17.6 Å². The average molecular weight is 492 g/mol. The minimum absolute atomic E-state index is 0.0941. The molecule has 0 saturated carbocycles. The highest BCUT2D eigenvalue weighted by molar-refractivity contribution is 7.92. The number of hydrogen-bond acceptors (Lipinski definition) is 4. The Morgan fingerprint density at radius 3 is 2.43 bits per heavy atom. The maximum Gasteiger partial charge on any atom is 0.250 e. The summed E-state index contributed by atoms with van der Waals surface area (Å²) in [5.41, 5.74) is 1.86. The van der Waals surface area contributed by atoms with Crippen molar-refractivity contribution in [3.8, 4) is 17.2 Å². The van der Waals surface area contributed by atoms with E-state index in [1.54, 1.807) is 60.9 Å². The monoisotopic (exact) mass is 491 g/mol. The van der Waals surface area contributed by atoms with Crippen molar-refractivity contribution in [2.24, 2.45) is 0 Å². The highest BCUT2D eigenvalue weighted by Crippen LogP contribution is 2.36. The predicted molar refractivity (Wildman–Crippen MR) is 135 cm³/mol. The first-order chi connectivity index (χ1) is 16.6. The zero-order chi connectivity index (χ0) is 25.3. The SMILES string of the molecule is [C-]#[N+]c1cn(-c2cc(NS(=O)(=O)CC)ccc2Oc2c(C)cc(F)cc2C)c2ccccc2c1=O. The van der Waals surface area contributed by atoms with Crippen LogP contribution in [0.4, 0.5) is 15.8 Å². The largest absolute Gasteiger partial charge is 0.455 e. The minimum Gasteiger partial charge on any atom is -0.455 e. The summed E-state index contributed by atoms with van der Waals surface area (Å²) in [5, 5.41) is 0.334. The Hall–Kier alpha value is -4.16. The van der Waals surface area contributed by atoms with E-state index < -0.39 is 15.5 Å². The standard InChI is InChI=1S/C26H22FN3O4S/c1-5-35(32,33)29-19-10-11-24(34-26-16(2)12-18(27)13-17(26)3)23(14-19)30-15-21(28-4)25(31)20-8-6-7-9-22(20)30/h6-15,29H,5H2,1-3H3. The van der Waals surface area contributed by atoms with E-state index in [0.717, 1.165) is 0 Å². The van der Waals surface area contributed by atoms with E-state index in [1.807, 2.05) is 0 Å². The van der Waals surface area contributed by atoms with E-state index in [0.29, 0.717) is 39.2 Å². The predicted octanol–water partition coefficient (Wildman–Crippen LogP) is 5.85. The second-order valence-corrected chi connectivity index (χ2v) is 10.0. The Kier molecular flexibility index (Phi) is 6.33. The molecule has 1 aromatic heterocycles. The second-order valence-electron chi connectivity index (χ2n) is 8.00. The molecule has 0 aliphatic heterocycles. The number of anilines is 1. The van der Waals surface area contributed by atoms with Crippen molar-refractivity contribution >= 4 is 32.3 Å². The molecule has 1 N–H and O–H groups in total. The van der Waals surface area contributed by atoms with Gasteiger partial charge in [-0.25, -0.2) is 17.7 Å². The number of pyridine rings is 1. The van der Waals surface area contributed by atoms with Gasteiger partial charge in [0, 0.05) is 11.6 Å². The molecule has 0 saturated heterocycles. The summed E-state index contributed by atoms with van der Waals surface area (Å²) in [6.07, 6.45) is 1.41. The van der Waals surface area contributed by atoms with E-state index in [1.165, 1.54) is 25.3 Å². The van der Waals surface area contributed by atoms with Gasteiger partial charge >= 0.3 is 0 Å². The van der Waals surface area contributed by atoms with E-state index in [-0.39, 0.29) is 22.9 Å². The zero-order valence-electron chi connectivity index (χ0n) is 19.3. The smallest absolute Gasteiger partial charge is 0.250 e. The Balaban J connectivity index is 2.00. The van der Waals surface area contributed by atoms with Gasteiger partial charge < -0.3 is 14.1 Å². The number of hydrogen-bond donors (Lipinski definition) is 1. The first-order valence-electron chi connectivity index (χ1n) is 10.7. The van der Waals surface area contributed by atoms with Gasteiger partial charge in [-0.05, 0) is 68.3 Å². The van der Waals surface area contributed by atoms with E-state index in [4.69, 9.17) is 11.3 Å². The highest BCUT2D eigenvalue weighted by atomic mass is 32.2. The highest BCUT2D eigenvalue weighted by Gasteiger charge is 2.17. The first-order valence-corrected chi connectivity index (χ1v) is 12.4. The fourth-order valence-corrected chi connectivity index (χ4v) is 4.45. The molecular weight excluding hydrogens is 469 g/mol. The molecule has 0 radical (unpaired) electrons. The van der Waals surface area contributed by atoms with Gasteiger partial charge in [0.05, 0.1) is 29.2 Å². The number of ether oxygens (including phenoxy) is 1. The third-order valence-corrected chi connectivity index (χ3v) is 6.83.